The van der Waals surface area contributed by atoms with Gasteiger partial charge in [-0.25, -0.2) is 0 Å². The van der Waals surface area contributed by atoms with Gasteiger partial charge in [-0.1, -0.05) is 48.0 Å². The molecule has 0 bridgehead atoms. The number of nitrogens with zero attached hydrogens (tertiary/aromatic N) is 2. The largest absolute Gasteiger partial charge is 0.482 e. The number of aryl methyl sites for hydroxylation is 2. The van der Waals surface area contributed by atoms with Gasteiger partial charge < -0.3 is 19.9 Å². The Morgan fingerprint density at radius 3 is 2.46 bits per heavy atom. The Morgan fingerprint density at radius 1 is 1.03 bits per heavy atom. The van der Waals surface area contributed by atoms with Gasteiger partial charge in [0.2, 0.25) is 5.91 Å². The zero-order valence-corrected chi connectivity index (χ0v) is 23.2. The van der Waals surface area contributed by atoms with Crippen LogP contribution in [0.4, 0.5) is 11.4 Å². The smallest absolute Gasteiger partial charge is 0.262 e. The third-order valence-corrected chi connectivity index (χ3v) is 6.93. The molecule has 1 aliphatic rings. The number of carbonyl (C=O) groups excluding carboxylic acids is 2. The van der Waals surface area contributed by atoms with Gasteiger partial charge in [-0.2, -0.15) is 0 Å². The van der Waals surface area contributed by atoms with E-state index >= 15 is 0 Å². The molecule has 3 aromatic rings. The number of hydrogen-bond acceptors (Lipinski definition) is 4. The number of halogens is 2. The van der Waals surface area contributed by atoms with E-state index in [0.29, 0.717) is 42.6 Å². The van der Waals surface area contributed by atoms with E-state index in [1.165, 1.54) is 0 Å². The van der Waals surface area contributed by atoms with Crippen molar-refractivity contribution in [2.45, 2.75) is 13.8 Å². The Bertz CT molecular complexity index is 1280. The third-order valence-electron chi connectivity index (χ3n) is 6.10. The van der Waals surface area contributed by atoms with Crippen molar-refractivity contribution in [2.24, 2.45) is 0 Å². The normalized spacial score (nSPS) is 13.6. The molecule has 192 valence electrons. The molecule has 0 saturated carbocycles. The fraction of sp³-hybridized carbons (Fsp3) is 0.241. The molecular formula is C29H29BrClN3O3. The molecule has 4 rings (SSSR count). The monoisotopic (exact) mass is 581 g/mol. The number of piperazine rings is 1. The van der Waals surface area contributed by atoms with Crippen LogP contribution in [0.5, 0.6) is 5.75 Å². The van der Waals surface area contributed by atoms with E-state index in [1.54, 1.807) is 18.2 Å². The minimum atomic E-state index is -0.282. The summed E-state index contributed by atoms with van der Waals surface area (Å²) >= 11 is 9.76. The predicted octanol–water partition coefficient (Wildman–Crippen LogP) is 6.10. The first-order valence-corrected chi connectivity index (χ1v) is 13.2. The SMILES string of the molecule is Cc1cc(C)c(OCC(=O)Nc2cc(Cl)ccc2N2CCN(C(=O)/C=C/c3ccccc3)CC2)c(Br)c1. The molecule has 1 heterocycles. The van der Waals surface area contributed by atoms with E-state index in [0.717, 1.165) is 26.9 Å². The van der Waals surface area contributed by atoms with Crippen LogP contribution in [0.3, 0.4) is 0 Å². The van der Waals surface area contributed by atoms with Crippen molar-refractivity contribution in [2.75, 3.05) is 43.0 Å². The number of benzene rings is 3. The summed E-state index contributed by atoms with van der Waals surface area (Å²) in [5, 5.41) is 3.47. The molecule has 1 aliphatic heterocycles. The zero-order chi connectivity index (χ0) is 26.4. The lowest BCUT2D eigenvalue weighted by atomic mass is 10.1. The minimum absolute atomic E-state index is 0.0113. The summed E-state index contributed by atoms with van der Waals surface area (Å²) in [4.78, 5) is 29.4. The van der Waals surface area contributed by atoms with Gasteiger partial charge in [-0.05, 0) is 76.8 Å². The molecule has 1 fully saturated rings. The number of rotatable bonds is 7. The lowest BCUT2D eigenvalue weighted by Crippen LogP contribution is -2.48. The number of ether oxygens (including phenoxy) is 1. The maximum Gasteiger partial charge on any atom is 0.262 e. The first kappa shape index (κ1) is 26.8. The number of hydrogen-bond donors (Lipinski definition) is 1. The van der Waals surface area contributed by atoms with Gasteiger partial charge >= 0.3 is 0 Å². The molecule has 1 N–H and O–H groups in total. The molecule has 0 atom stereocenters. The van der Waals surface area contributed by atoms with E-state index in [4.69, 9.17) is 16.3 Å². The second-order valence-electron chi connectivity index (χ2n) is 8.95. The summed E-state index contributed by atoms with van der Waals surface area (Å²) in [7, 11) is 0. The Labute approximate surface area is 231 Å². The molecule has 6 nitrogen and oxygen atoms in total. The Morgan fingerprint density at radius 2 is 1.76 bits per heavy atom. The van der Waals surface area contributed by atoms with Crippen LogP contribution >= 0.6 is 27.5 Å². The quantitative estimate of drug-likeness (QED) is 0.342. The molecule has 0 spiro atoms. The fourth-order valence-electron chi connectivity index (χ4n) is 4.30. The lowest BCUT2D eigenvalue weighted by molar-refractivity contribution is -0.126. The van der Waals surface area contributed by atoms with Crippen molar-refractivity contribution in [3.63, 3.8) is 0 Å². The van der Waals surface area contributed by atoms with E-state index in [1.807, 2.05) is 73.4 Å². The van der Waals surface area contributed by atoms with Crippen LogP contribution < -0.4 is 15.0 Å². The number of nitrogens with one attached hydrogen (secondary N) is 1. The van der Waals surface area contributed by atoms with Gasteiger partial charge in [0.05, 0.1) is 15.8 Å². The maximum absolute atomic E-state index is 12.8. The van der Waals surface area contributed by atoms with Crippen molar-refractivity contribution < 1.29 is 14.3 Å². The van der Waals surface area contributed by atoms with E-state index in [-0.39, 0.29) is 18.4 Å². The van der Waals surface area contributed by atoms with E-state index in [2.05, 4.69) is 26.1 Å². The predicted molar refractivity (Wildman–Crippen MR) is 153 cm³/mol. The average molecular weight is 583 g/mol. The standard InChI is InChI=1S/C29H29BrClN3O3/c1-20-16-21(2)29(24(30)17-20)37-19-27(35)32-25-18-23(31)9-10-26(25)33-12-14-34(15-13-33)28(36)11-8-22-6-4-3-5-7-22/h3-11,16-18H,12-15,19H2,1-2H3,(H,32,35)/b11-8+. The lowest BCUT2D eigenvalue weighted by Gasteiger charge is -2.36. The highest BCUT2D eigenvalue weighted by molar-refractivity contribution is 9.10. The van der Waals surface area contributed by atoms with Crippen LogP contribution in [0.1, 0.15) is 16.7 Å². The summed E-state index contributed by atoms with van der Waals surface area (Å²) in [6.07, 6.45) is 3.45. The zero-order valence-electron chi connectivity index (χ0n) is 20.8. The molecule has 0 radical (unpaired) electrons. The molecule has 37 heavy (non-hydrogen) atoms. The number of anilines is 2. The van der Waals surface area contributed by atoms with Crippen molar-refractivity contribution in [1.82, 2.24) is 4.90 Å². The summed E-state index contributed by atoms with van der Waals surface area (Å²) in [5.74, 6) is 0.354. The molecule has 0 unspecified atom stereocenters. The van der Waals surface area contributed by atoms with Crippen LogP contribution in [0, 0.1) is 13.8 Å². The van der Waals surface area contributed by atoms with Gasteiger partial charge in [-0.15, -0.1) is 0 Å². The molecular weight excluding hydrogens is 554 g/mol. The van der Waals surface area contributed by atoms with Crippen LogP contribution in [0.2, 0.25) is 5.02 Å². The van der Waals surface area contributed by atoms with Crippen molar-refractivity contribution in [1.29, 1.82) is 0 Å². The highest BCUT2D eigenvalue weighted by atomic mass is 79.9. The van der Waals surface area contributed by atoms with Crippen molar-refractivity contribution in [3.05, 3.63) is 92.9 Å². The van der Waals surface area contributed by atoms with Gasteiger partial charge in [0.15, 0.2) is 6.61 Å². The molecule has 0 aromatic heterocycles. The number of amides is 2. The van der Waals surface area contributed by atoms with Crippen LogP contribution in [0.25, 0.3) is 6.08 Å². The van der Waals surface area contributed by atoms with Crippen molar-refractivity contribution >= 4 is 56.8 Å². The minimum Gasteiger partial charge on any atom is -0.482 e. The molecule has 0 aliphatic carbocycles. The first-order chi connectivity index (χ1) is 17.8. The third kappa shape index (κ3) is 7.14. The number of carbonyl (C=O) groups is 2. The topological polar surface area (TPSA) is 61.9 Å². The average Bonchev–Trinajstić information content (AvgIpc) is 2.87. The molecule has 3 aromatic carbocycles. The summed E-state index contributed by atoms with van der Waals surface area (Å²) in [5.41, 5.74) is 4.53. The van der Waals surface area contributed by atoms with Crippen LogP contribution in [-0.2, 0) is 9.59 Å². The van der Waals surface area contributed by atoms with E-state index in [9.17, 15) is 9.59 Å². The fourth-order valence-corrected chi connectivity index (χ4v) is 5.26. The van der Waals surface area contributed by atoms with Crippen LogP contribution in [0.15, 0.2) is 71.2 Å². The van der Waals surface area contributed by atoms with Gasteiger partial charge in [0.25, 0.3) is 5.91 Å². The summed E-state index contributed by atoms with van der Waals surface area (Å²) < 4.78 is 6.62. The van der Waals surface area contributed by atoms with Gasteiger partial charge in [0, 0.05) is 37.3 Å². The molecule has 2 amide bonds. The van der Waals surface area contributed by atoms with Crippen LogP contribution in [-0.4, -0.2) is 49.5 Å². The molecule has 1 saturated heterocycles. The van der Waals surface area contributed by atoms with Crippen molar-refractivity contribution in [3.8, 4) is 5.75 Å². The first-order valence-electron chi connectivity index (χ1n) is 12.1. The van der Waals surface area contributed by atoms with E-state index < -0.39 is 0 Å². The second kappa shape index (κ2) is 12.3. The highest BCUT2D eigenvalue weighted by Gasteiger charge is 2.22. The highest BCUT2D eigenvalue weighted by Crippen LogP contribution is 2.32. The maximum atomic E-state index is 12.8. The molecule has 8 heteroatoms. The van der Waals surface area contributed by atoms with Gasteiger partial charge in [0.1, 0.15) is 5.75 Å². The second-order valence-corrected chi connectivity index (χ2v) is 10.2. The summed E-state index contributed by atoms with van der Waals surface area (Å²) in [6.45, 7) is 6.26. The summed E-state index contributed by atoms with van der Waals surface area (Å²) in [6, 6.07) is 19.2. The Kier molecular flexibility index (Phi) is 8.90. The van der Waals surface area contributed by atoms with Gasteiger partial charge in [-0.3, -0.25) is 9.59 Å². The Balaban J connectivity index is 1.37. The Hall–Kier alpha value is -3.29.